The first-order chi connectivity index (χ1) is 7.38. The molecule has 3 nitrogen and oxygen atoms in total. The van der Waals surface area contributed by atoms with Gasteiger partial charge in [0.25, 0.3) is 0 Å². The van der Waals surface area contributed by atoms with Gasteiger partial charge in [0.05, 0.1) is 0 Å². The Labute approximate surface area is 93.6 Å². The van der Waals surface area contributed by atoms with Gasteiger partial charge in [0.2, 0.25) is 0 Å². The van der Waals surface area contributed by atoms with Crippen LogP contribution in [-0.4, -0.2) is 42.3 Å². The molecule has 0 aromatic heterocycles. The van der Waals surface area contributed by atoms with Crippen LogP contribution in [0.1, 0.15) is 44.9 Å². The van der Waals surface area contributed by atoms with Crippen LogP contribution in [0, 0.1) is 0 Å². The summed E-state index contributed by atoms with van der Waals surface area (Å²) in [6.07, 6.45) is 8.71. The molecule has 0 radical (unpaired) electrons. The molecule has 90 valence electrons. The first-order valence-corrected chi connectivity index (χ1v) is 6.43. The maximum atomic E-state index is 8.85. The Morgan fingerprint density at radius 2 is 1.80 bits per heavy atom. The van der Waals surface area contributed by atoms with Crippen molar-refractivity contribution in [2.75, 3.05) is 26.2 Å². The van der Waals surface area contributed by atoms with Crippen molar-refractivity contribution in [3.05, 3.63) is 0 Å². The van der Waals surface area contributed by atoms with Gasteiger partial charge in [0.1, 0.15) is 0 Å². The maximum absolute atomic E-state index is 8.85. The van der Waals surface area contributed by atoms with E-state index in [-0.39, 0.29) is 0 Å². The summed E-state index contributed by atoms with van der Waals surface area (Å²) < 4.78 is 0. The van der Waals surface area contributed by atoms with Crippen molar-refractivity contribution in [2.45, 2.75) is 51.0 Å². The van der Waals surface area contributed by atoms with Crippen molar-refractivity contribution in [3.63, 3.8) is 0 Å². The third-order valence-electron chi connectivity index (χ3n) is 3.34. The Bertz CT molecular complexity index is 149. The summed E-state index contributed by atoms with van der Waals surface area (Å²) in [4.78, 5) is 2.57. The first kappa shape index (κ1) is 12.9. The Balaban J connectivity index is 2.10. The van der Waals surface area contributed by atoms with Gasteiger partial charge in [-0.05, 0) is 45.2 Å². The van der Waals surface area contributed by atoms with Gasteiger partial charge >= 0.3 is 0 Å². The lowest BCUT2D eigenvalue weighted by molar-refractivity contribution is 0.114. The number of nitrogens with two attached hydrogens (primary N) is 1. The molecule has 0 amide bonds. The van der Waals surface area contributed by atoms with E-state index in [1.54, 1.807) is 0 Å². The highest BCUT2D eigenvalue weighted by atomic mass is 16.3. The van der Waals surface area contributed by atoms with E-state index in [4.69, 9.17) is 10.8 Å². The Kier molecular flexibility index (Phi) is 6.98. The number of aliphatic hydroxyl groups is 1. The fraction of sp³-hybridized carbons (Fsp3) is 1.00. The Morgan fingerprint density at radius 1 is 1.07 bits per heavy atom. The third-order valence-corrected chi connectivity index (χ3v) is 3.34. The topological polar surface area (TPSA) is 49.5 Å². The quantitative estimate of drug-likeness (QED) is 0.570. The van der Waals surface area contributed by atoms with E-state index >= 15 is 0 Å². The molecular weight excluding hydrogens is 188 g/mol. The molecule has 0 saturated heterocycles. The van der Waals surface area contributed by atoms with Crippen LogP contribution < -0.4 is 5.73 Å². The standard InChI is InChI=1S/C12H26N2O/c13-8-2-1-3-9-14(10-5-11-15)12-6-4-7-12/h12,15H,1-11,13H2. The second-order valence-electron chi connectivity index (χ2n) is 4.55. The fourth-order valence-electron chi connectivity index (χ4n) is 2.14. The molecule has 0 aromatic rings. The molecule has 15 heavy (non-hydrogen) atoms. The second-order valence-corrected chi connectivity index (χ2v) is 4.55. The lowest BCUT2D eigenvalue weighted by Crippen LogP contribution is -2.41. The van der Waals surface area contributed by atoms with Crippen molar-refractivity contribution in [1.29, 1.82) is 0 Å². The van der Waals surface area contributed by atoms with Crippen LogP contribution in [0.2, 0.25) is 0 Å². The van der Waals surface area contributed by atoms with Crippen molar-refractivity contribution in [1.82, 2.24) is 4.90 Å². The van der Waals surface area contributed by atoms with Crippen LogP contribution in [0.5, 0.6) is 0 Å². The smallest absolute Gasteiger partial charge is 0.0443 e. The Morgan fingerprint density at radius 3 is 2.33 bits per heavy atom. The number of rotatable bonds is 9. The summed E-state index contributed by atoms with van der Waals surface area (Å²) in [5.74, 6) is 0. The van der Waals surface area contributed by atoms with Crippen LogP contribution in [-0.2, 0) is 0 Å². The zero-order valence-electron chi connectivity index (χ0n) is 9.83. The van der Waals surface area contributed by atoms with Crippen LogP contribution in [0.15, 0.2) is 0 Å². The summed E-state index contributed by atoms with van der Waals surface area (Å²) >= 11 is 0. The summed E-state index contributed by atoms with van der Waals surface area (Å²) in [5.41, 5.74) is 5.48. The van der Waals surface area contributed by atoms with Gasteiger partial charge in [0.15, 0.2) is 0 Å². The molecule has 0 spiro atoms. The summed E-state index contributed by atoms with van der Waals surface area (Å²) in [7, 11) is 0. The minimum absolute atomic E-state index is 0.325. The zero-order valence-corrected chi connectivity index (χ0v) is 9.83. The molecule has 0 unspecified atom stereocenters. The van der Waals surface area contributed by atoms with E-state index in [1.807, 2.05) is 0 Å². The van der Waals surface area contributed by atoms with Crippen LogP contribution in [0.3, 0.4) is 0 Å². The molecular formula is C12H26N2O. The van der Waals surface area contributed by atoms with E-state index in [0.29, 0.717) is 6.61 Å². The monoisotopic (exact) mass is 214 g/mol. The predicted molar refractivity (Wildman–Crippen MR) is 63.8 cm³/mol. The lowest BCUT2D eigenvalue weighted by Gasteiger charge is -2.37. The van der Waals surface area contributed by atoms with Crippen molar-refractivity contribution < 1.29 is 5.11 Å². The van der Waals surface area contributed by atoms with E-state index < -0.39 is 0 Å². The molecule has 0 heterocycles. The van der Waals surface area contributed by atoms with Gasteiger partial charge < -0.3 is 15.7 Å². The fourth-order valence-corrected chi connectivity index (χ4v) is 2.14. The lowest BCUT2D eigenvalue weighted by atomic mass is 9.91. The van der Waals surface area contributed by atoms with Gasteiger partial charge in [-0.2, -0.15) is 0 Å². The molecule has 3 N–H and O–H groups in total. The minimum atomic E-state index is 0.325. The van der Waals surface area contributed by atoms with E-state index in [0.717, 1.165) is 32.0 Å². The number of nitrogens with zero attached hydrogens (tertiary/aromatic N) is 1. The van der Waals surface area contributed by atoms with Gasteiger partial charge in [-0.1, -0.05) is 12.8 Å². The largest absolute Gasteiger partial charge is 0.396 e. The summed E-state index contributed by atoms with van der Waals surface area (Å²) in [5, 5.41) is 8.85. The molecule has 1 rings (SSSR count). The molecule has 1 fully saturated rings. The van der Waals surface area contributed by atoms with Crippen LogP contribution in [0.4, 0.5) is 0 Å². The van der Waals surface area contributed by atoms with Crippen molar-refractivity contribution >= 4 is 0 Å². The summed E-state index contributed by atoms with van der Waals surface area (Å²) in [6.45, 7) is 3.42. The maximum Gasteiger partial charge on any atom is 0.0443 e. The third kappa shape index (κ3) is 4.96. The SMILES string of the molecule is NCCCCCN(CCCO)C1CCC1. The molecule has 0 bridgehead atoms. The average Bonchev–Trinajstić information content (AvgIpc) is 2.17. The summed E-state index contributed by atoms with van der Waals surface area (Å²) in [6, 6.07) is 0.814. The second kappa shape index (κ2) is 8.08. The number of aliphatic hydroxyl groups excluding tert-OH is 1. The van der Waals surface area contributed by atoms with Gasteiger partial charge in [-0.15, -0.1) is 0 Å². The van der Waals surface area contributed by atoms with E-state index in [2.05, 4.69) is 4.90 Å². The highest BCUT2D eigenvalue weighted by molar-refractivity contribution is 4.79. The number of unbranched alkanes of at least 4 members (excludes halogenated alkanes) is 2. The van der Waals surface area contributed by atoms with Gasteiger partial charge in [-0.25, -0.2) is 0 Å². The highest BCUT2D eigenvalue weighted by Crippen LogP contribution is 2.25. The van der Waals surface area contributed by atoms with Gasteiger partial charge in [-0.3, -0.25) is 0 Å². The van der Waals surface area contributed by atoms with Crippen LogP contribution in [0.25, 0.3) is 0 Å². The van der Waals surface area contributed by atoms with E-state index in [1.165, 1.54) is 38.6 Å². The van der Waals surface area contributed by atoms with Crippen LogP contribution >= 0.6 is 0 Å². The van der Waals surface area contributed by atoms with Crippen molar-refractivity contribution in [3.8, 4) is 0 Å². The highest BCUT2D eigenvalue weighted by Gasteiger charge is 2.23. The molecule has 1 aliphatic carbocycles. The zero-order chi connectivity index (χ0) is 10.9. The van der Waals surface area contributed by atoms with Crippen molar-refractivity contribution in [2.24, 2.45) is 5.73 Å². The number of hydrogen-bond donors (Lipinski definition) is 2. The molecule has 3 heteroatoms. The predicted octanol–water partition coefficient (Wildman–Crippen LogP) is 1.35. The first-order valence-electron chi connectivity index (χ1n) is 6.43. The molecule has 1 aliphatic rings. The normalized spacial score (nSPS) is 17.0. The molecule has 0 aliphatic heterocycles. The minimum Gasteiger partial charge on any atom is -0.396 e. The Hall–Kier alpha value is -0.120. The molecule has 1 saturated carbocycles. The number of hydrogen-bond acceptors (Lipinski definition) is 3. The average molecular weight is 214 g/mol. The molecule has 0 atom stereocenters. The molecule has 0 aromatic carbocycles. The van der Waals surface area contributed by atoms with E-state index in [9.17, 15) is 0 Å². The van der Waals surface area contributed by atoms with Gasteiger partial charge in [0, 0.05) is 19.2 Å².